The topological polar surface area (TPSA) is 47.3 Å². The van der Waals surface area contributed by atoms with Gasteiger partial charge in [-0.2, -0.15) is 16.6 Å². The first-order chi connectivity index (χ1) is 8.76. The number of carbonyl (C=O) groups is 1. The van der Waals surface area contributed by atoms with Crippen LogP contribution in [0.1, 0.15) is 23.7 Å². The van der Waals surface area contributed by atoms with Crippen molar-refractivity contribution in [2.75, 3.05) is 26.2 Å². The molecule has 1 aliphatic heterocycles. The van der Waals surface area contributed by atoms with Crippen molar-refractivity contribution >= 4 is 17.2 Å². The molecule has 96 valence electrons. The van der Waals surface area contributed by atoms with Crippen LogP contribution in [0.5, 0.6) is 0 Å². The molecule has 1 saturated heterocycles. The molecule has 4 nitrogen and oxygen atoms in total. The highest BCUT2D eigenvalue weighted by Gasteiger charge is 2.25. The van der Waals surface area contributed by atoms with Crippen molar-refractivity contribution in [3.05, 3.63) is 22.4 Å². The van der Waals surface area contributed by atoms with Gasteiger partial charge in [-0.25, -0.2) is 0 Å². The number of hydrogen-bond acceptors (Lipinski definition) is 4. The molecule has 1 fully saturated rings. The van der Waals surface area contributed by atoms with Crippen LogP contribution in [0.2, 0.25) is 0 Å². The highest BCUT2D eigenvalue weighted by molar-refractivity contribution is 7.08. The molecular weight excluding hydrogens is 246 g/mol. The van der Waals surface area contributed by atoms with Crippen molar-refractivity contribution in [2.24, 2.45) is 0 Å². The number of piperazine rings is 1. The summed E-state index contributed by atoms with van der Waals surface area (Å²) in [5, 5.41) is 12.8. The average Bonchev–Trinajstić information content (AvgIpc) is 2.94. The molecule has 2 heterocycles. The van der Waals surface area contributed by atoms with Crippen LogP contribution < -0.4 is 0 Å². The summed E-state index contributed by atoms with van der Waals surface area (Å²) in [6.07, 6.45) is 0.842. The zero-order valence-electron chi connectivity index (χ0n) is 10.5. The molecule has 1 amide bonds. The van der Waals surface area contributed by atoms with Crippen LogP contribution >= 0.6 is 11.3 Å². The molecule has 1 aromatic heterocycles. The Bertz CT molecular complexity index is 430. The Morgan fingerprint density at radius 3 is 2.72 bits per heavy atom. The van der Waals surface area contributed by atoms with E-state index in [0.29, 0.717) is 13.1 Å². The maximum absolute atomic E-state index is 12.1. The normalized spacial score (nSPS) is 18.3. The molecule has 0 aromatic carbocycles. The predicted octanol–water partition coefficient (Wildman–Crippen LogP) is 1.81. The van der Waals surface area contributed by atoms with Gasteiger partial charge in [-0.15, -0.1) is 0 Å². The number of thiophene rings is 1. The Morgan fingerprint density at radius 2 is 2.22 bits per heavy atom. The highest BCUT2D eigenvalue weighted by Crippen LogP contribution is 2.13. The number of rotatable bonds is 3. The first-order valence-electron chi connectivity index (χ1n) is 6.21. The Labute approximate surface area is 111 Å². The van der Waals surface area contributed by atoms with Gasteiger partial charge in [0, 0.05) is 31.6 Å². The van der Waals surface area contributed by atoms with E-state index >= 15 is 0 Å². The van der Waals surface area contributed by atoms with Gasteiger partial charge in [0.15, 0.2) is 0 Å². The summed E-state index contributed by atoms with van der Waals surface area (Å²) < 4.78 is 0. The van der Waals surface area contributed by atoms with Crippen LogP contribution in [0, 0.1) is 11.3 Å². The van der Waals surface area contributed by atoms with Crippen LogP contribution in [0.4, 0.5) is 0 Å². The number of hydrogen-bond donors (Lipinski definition) is 0. The molecule has 0 spiro atoms. The first-order valence-corrected chi connectivity index (χ1v) is 7.15. The van der Waals surface area contributed by atoms with Crippen molar-refractivity contribution < 1.29 is 4.79 Å². The van der Waals surface area contributed by atoms with Gasteiger partial charge in [-0.1, -0.05) is 6.92 Å². The van der Waals surface area contributed by atoms with Gasteiger partial charge < -0.3 is 4.90 Å². The maximum Gasteiger partial charge on any atom is 0.254 e. The van der Waals surface area contributed by atoms with Crippen LogP contribution in [0.25, 0.3) is 0 Å². The minimum Gasteiger partial charge on any atom is -0.336 e. The molecule has 5 heteroatoms. The highest BCUT2D eigenvalue weighted by atomic mass is 32.1. The van der Waals surface area contributed by atoms with Gasteiger partial charge in [-0.3, -0.25) is 9.69 Å². The standard InChI is InChI=1S/C13H17N3OS/c1-2-12(9-14)15-4-6-16(7-5-15)13(17)11-3-8-18-10-11/h3,8,10,12H,2,4-7H2,1H3. The second-order valence-electron chi connectivity index (χ2n) is 4.39. The lowest BCUT2D eigenvalue weighted by molar-refractivity contribution is 0.0605. The Morgan fingerprint density at radius 1 is 1.50 bits per heavy atom. The smallest absolute Gasteiger partial charge is 0.254 e. The summed E-state index contributed by atoms with van der Waals surface area (Å²) in [5.41, 5.74) is 0.778. The maximum atomic E-state index is 12.1. The third-order valence-corrected chi connectivity index (χ3v) is 4.03. The van der Waals surface area contributed by atoms with Crippen LogP contribution in [0.15, 0.2) is 16.8 Å². The minimum atomic E-state index is -0.0107. The summed E-state index contributed by atoms with van der Waals surface area (Å²) in [5.74, 6) is 0.112. The zero-order chi connectivity index (χ0) is 13.0. The van der Waals surface area contributed by atoms with E-state index in [4.69, 9.17) is 5.26 Å². The molecule has 18 heavy (non-hydrogen) atoms. The van der Waals surface area contributed by atoms with Gasteiger partial charge in [0.05, 0.1) is 17.7 Å². The quantitative estimate of drug-likeness (QED) is 0.835. The largest absolute Gasteiger partial charge is 0.336 e. The average molecular weight is 263 g/mol. The molecule has 2 rings (SSSR count). The van der Waals surface area contributed by atoms with Crippen molar-refractivity contribution in [1.82, 2.24) is 9.80 Å². The molecule has 0 aliphatic carbocycles. The van der Waals surface area contributed by atoms with Crippen molar-refractivity contribution in [3.63, 3.8) is 0 Å². The van der Waals surface area contributed by atoms with E-state index < -0.39 is 0 Å². The summed E-state index contributed by atoms with van der Waals surface area (Å²) in [7, 11) is 0. The molecule has 0 N–H and O–H groups in total. The van der Waals surface area contributed by atoms with Crippen LogP contribution in [-0.2, 0) is 0 Å². The molecule has 1 aromatic rings. The second-order valence-corrected chi connectivity index (χ2v) is 5.17. The van der Waals surface area contributed by atoms with Crippen LogP contribution in [0.3, 0.4) is 0 Å². The molecule has 1 atom stereocenters. The molecule has 1 unspecified atom stereocenters. The number of amides is 1. The molecule has 0 bridgehead atoms. The van der Waals surface area contributed by atoms with E-state index in [1.165, 1.54) is 0 Å². The van der Waals surface area contributed by atoms with Crippen molar-refractivity contribution in [2.45, 2.75) is 19.4 Å². The molecular formula is C13H17N3OS. The second kappa shape index (κ2) is 5.98. The lowest BCUT2D eigenvalue weighted by atomic mass is 10.1. The van der Waals surface area contributed by atoms with Gasteiger partial charge in [0.2, 0.25) is 0 Å². The lowest BCUT2D eigenvalue weighted by Gasteiger charge is -2.36. The summed E-state index contributed by atoms with van der Waals surface area (Å²) in [4.78, 5) is 16.2. The molecule has 0 radical (unpaired) electrons. The fourth-order valence-corrected chi connectivity index (χ4v) is 2.87. The summed E-state index contributed by atoms with van der Waals surface area (Å²) in [6, 6.07) is 4.17. The zero-order valence-corrected chi connectivity index (χ0v) is 11.3. The van der Waals surface area contributed by atoms with Gasteiger partial charge in [-0.05, 0) is 17.9 Å². The van der Waals surface area contributed by atoms with E-state index in [-0.39, 0.29) is 11.9 Å². The fourth-order valence-electron chi connectivity index (χ4n) is 2.24. The van der Waals surface area contributed by atoms with Crippen molar-refractivity contribution in [1.29, 1.82) is 5.26 Å². The Kier molecular flexibility index (Phi) is 4.34. The van der Waals surface area contributed by atoms with Gasteiger partial charge >= 0.3 is 0 Å². The number of carbonyl (C=O) groups excluding carboxylic acids is 1. The van der Waals surface area contributed by atoms with Crippen LogP contribution in [-0.4, -0.2) is 47.9 Å². The lowest BCUT2D eigenvalue weighted by Crippen LogP contribution is -2.51. The number of nitriles is 1. The van der Waals surface area contributed by atoms with Crippen molar-refractivity contribution in [3.8, 4) is 6.07 Å². The van der Waals surface area contributed by atoms with E-state index in [1.54, 1.807) is 11.3 Å². The minimum absolute atomic E-state index is 0.0107. The van der Waals surface area contributed by atoms with Gasteiger partial charge in [0.1, 0.15) is 0 Å². The van der Waals surface area contributed by atoms with E-state index in [2.05, 4.69) is 11.0 Å². The molecule has 0 saturated carbocycles. The predicted molar refractivity (Wildman–Crippen MR) is 71.5 cm³/mol. The van der Waals surface area contributed by atoms with E-state index in [1.807, 2.05) is 28.7 Å². The fraction of sp³-hybridized carbons (Fsp3) is 0.538. The Hall–Kier alpha value is -1.38. The van der Waals surface area contributed by atoms with E-state index in [0.717, 1.165) is 25.1 Å². The van der Waals surface area contributed by atoms with Gasteiger partial charge in [0.25, 0.3) is 5.91 Å². The van der Waals surface area contributed by atoms with E-state index in [9.17, 15) is 4.79 Å². The Balaban J connectivity index is 1.91. The third kappa shape index (κ3) is 2.71. The summed E-state index contributed by atoms with van der Waals surface area (Å²) in [6.45, 7) is 5.04. The summed E-state index contributed by atoms with van der Waals surface area (Å²) >= 11 is 1.54. The first kappa shape index (κ1) is 13.1. The number of nitrogens with zero attached hydrogens (tertiary/aromatic N) is 3. The third-order valence-electron chi connectivity index (χ3n) is 3.35. The monoisotopic (exact) mass is 263 g/mol. The molecule has 1 aliphatic rings. The SMILES string of the molecule is CCC(C#N)N1CCN(C(=O)c2ccsc2)CC1.